The SMILES string of the molecule is Cc1cc(F)cc(C(=O)N(CCN)CC(F)(F)F)c1. The van der Waals surface area contributed by atoms with Gasteiger partial charge in [0.05, 0.1) is 0 Å². The molecule has 0 atom stereocenters. The maximum absolute atomic E-state index is 13.2. The summed E-state index contributed by atoms with van der Waals surface area (Å²) in [7, 11) is 0. The number of hydrogen-bond acceptors (Lipinski definition) is 2. The molecule has 2 N–H and O–H groups in total. The van der Waals surface area contributed by atoms with E-state index in [9.17, 15) is 22.4 Å². The molecular formula is C12H14F4N2O. The van der Waals surface area contributed by atoms with Gasteiger partial charge in [0.2, 0.25) is 0 Å². The first-order valence-corrected chi connectivity index (χ1v) is 5.56. The van der Waals surface area contributed by atoms with E-state index in [0.717, 1.165) is 6.07 Å². The lowest BCUT2D eigenvalue weighted by Gasteiger charge is -2.23. The largest absolute Gasteiger partial charge is 0.406 e. The predicted molar refractivity (Wildman–Crippen MR) is 62.1 cm³/mol. The molecule has 1 aromatic carbocycles. The Bertz CT molecular complexity index is 439. The van der Waals surface area contributed by atoms with Crippen molar-refractivity contribution in [2.45, 2.75) is 13.1 Å². The molecule has 0 bridgehead atoms. The average Bonchev–Trinajstić information content (AvgIpc) is 2.24. The number of alkyl halides is 3. The van der Waals surface area contributed by atoms with Crippen LogP contribution in [-0.2, 0) is 0 Å². The van der Waals surface area contributed by atoms with E-state index in [2.05, 4.69) is 0 Å². The minimum atomic E-state index is -4.52. The fraction of sp³-hybridized carbons (Fsp3) is 0.417. The van der Waals surface area contributed by atoms with Crippen LogP contribution in [0.3, 0.4) is 0 Å². The van der Waals surface area contributed by atoms with Gasteiger partial charge < -0.3 is 10.6 Å². The summed E-state index contributed by atoms with van der Waals surface area (Å²) >= 11 is 0. The van der Waals surface area contributed by atoms with Crippen LogP contribution in [0.15, 0.2) is 18.2 Å². The van der Waals surface area contributed by atoms with Gasteiger partial charge in [-0.1, -0.05) is 0 Å². The van der Waals surface area contributed by atoms with Crippen LogP contribution in [0.4, 0.5) is 17.6 Å². The first-order chi connectivity index (χ1) is 8.73. The maximum atomic E-state index is 13.2. The molecule has 0 spiro atoms. The lowest BCUT2D eigenvalue weighted by Crippen LogP contribution is -2.41. The maximum Gasteiger partial charge on any atom is 0.406 e. The topological polar surface area (TPSA) is 46.3 Å². The Kier molecular flexibility index (Phi) is 4.88. The lowest BCUT2D eigenvalue weighted by atomic mass is 10.1. The zero-order valence-corrected chi connectivity index (χ0v) is 10.3. The molecule has 19 heavy (non-hydrogen) atoms. The van der Waals surface area contributed by atoms with E-state index < -0.39 is 24.4 Å². The fourth-order valence-electron chi connectivity index (χ4n) is 1.67. The zero-order chi connectivity index (χ0) is 14.6. The van der Waals surface area contributed by atoms with Crippen molar-refractivity contribution in [3.63, 3.8) is 0 Å². The smallest absolute Gasteiger partial charge is 0.329 e. The van der Waals surface area contributed by atoms with Crippen molar-refractivity contribution in [1.82, 2.24) is 4.90 Å². The van der Waals surface area contributed by atoms with Gasteiger partial charge in [-0.05, 0) is 30.7 Å². The standard InChI is InChI=1S/C12H14F4N2O/c1-8-4-9(6-10(13)5-8)11(19)18(3-2-17)7-12(14,15)16/h4-6H,2-3,7,17H2,1H3. The van der Waals surface area contributed by atoms with Crippen LogP contribution < -0.4 is 5.73 Å². The summed E-state index contributed by atoms with van der Waals surface area (Å²) in [6, 6.07) is 3.44. The van der Waals surface area contributed by atoms with Crippen molar-refractivity contribution < 1.29 is 22.4 Å². The highest BCUT2D eigenvalue weighted by atomic mass is 19.4. The van der Waals surface area contributed by atoms with Gasteiger partial charge in [-0.2, -0.15) is 13.2 Å². The Morgan fingerprint density at radius 1 is 1.32 bits per heavy atom. The number of carbonyl (C=O) groups is 1. The van der Waals surface area contributed by atoms with E-state index in [4.69, 9.17) is 5.73 Å². The molecule has 106 valence electrons. The highest BCUT2D eigenvalue weighted by Crippen LogP contribution is 2.18. The van der Waals surface area contributed by atoms with Crippen molar-refractivity contribution in [1.29, 1.82) is 0 Å². The van der Waals surface area contributed by atoms with Crippen LogP contribution in [0, 0.1) is 12.7 Å². The van der Waals surface area contributed by atoms with E-state index in [1.54, 1.807) is 6.92 Å². The van der Waals surface area contributed by atoms with E-state index in [1.807, 2.05) is 0 Å². The molecule has 0 radical (unpaired) electrons. The van der Waals surface area contributed by atoms with E-state index in [-0.39, 0.29) is 18.7 Å². The van der Waals surface area contributed by atoms with Crippen molar-refractivity contribution in [3.8, 4) is 0 Å². The van der Waals surface area contributed by atoms with Gasteiger partial charge >= 0.3 is 6.18 Å². The summed E-state index contributed by atoms with van der Waals surface area (Å²) in [4.78, 5) is 12.5. The Hall–Kier alpha value is -1.63. The summed E-state index contributed by atoms with van der Waals surface area (Å²) in [5, 5.41) is 0. The van der Waals surface area contributed by atoms with Gasteiger partial charge in [0, 0.05) is 18.7 Å². The molecule has 0 unspecified atom stereocenters. The van der Waals surface area contributed by atoms with Crippen molar-refractivity contribution in [2.75, 3.05) is 19.6 Å². The van der Waals surface area contributed by atoms with Gasteiger partial charge in [0.1, 0.15) is 12.4 Å². The van der Waals surface area contributed by atoms with Crippen LogP contribution in [0.1, 0.15) is 15.9 Å². The number of nitrogens with two attached hydrogens (primary N) is 1. The highest BCUT2D eigenvalue weighted by molar-refractivity contribution is 5.94. The molecule has 0 aliphatic rings. The number of carbonyl (C=O) groups excluding carboxylic acids is 1. The van der Waals surface area contributed by atoms with Crippen LogP contribution in [0.5, 0.6) is 0 Å². The summed E-state index contributed by atoms with van der Waals surface area (Å²) < 4.78 is 50.2. The number of nitrogens with zero attached hydrogens (tertiary/aromatic N) is 1. The Balaban J connectivity index is 2.98. The molecule has 3 nitrogen and oxygen atoms in total. The second-order valence-electron chi connectivity index (χ2n) is 4.15. The van der Waals surface area contributed by atoms with Gasteiger partial charge in [-0.15, -0.1) is 0 Å². The van der Waals surface area contributed by atoms with E-state index in [0.29, 0.717) is 10.5 Å². The molecule has 0 heterocycles. The number of hydrogen-bond donors (Lipinski definition) is 1. The Morgan fingerprint density at radius 3 is 2.42 bits per heavy atom. The first kappa shape index (κ1) is 15.4. The molecular weight excluding hydrogens is 264 g/mol. The van der Waals surface area contributed by atoms with Crippen LogP contribution >= 0.6 is 0 Å². The van der Waals surface area contributed by atoms with E-state index in [1.165, 1.54) is 12.1 Å². The van der Waals surface area contributed by atoms with E-state index >= 15 is 0 Å². The number of benzene rings is 1. The third-order valence-corrected chi connectivity index (χ3v) is 2.35. The van der Waals surface area contributed by atoms with Gasteiger partial charge in [-0.3, -0.25) is 4.79 Å². The monoisotopic (exact) mass is 278 g/mol. The van der Waals surface area contributed by atoms with Crippen molar-refractivity contribution in [2.24, 2.45) is 5.73 Å². The minimum Gasteiger partial charge on any atom is -0.329 e. The summed E-state index contributed by atoms with van der Waals surface area (Å²) in [5.41, 5.74) is 5.53. The Labute approximate surface area is 108 Å². The summed E-state index contributed by atoms with van der Waals surface area (Å²) in [6.07, 6.45) is -4.52. The third kappa shape index (κ3) is 4.86. The zero-order valence-electron chi connectivity index (χ0n) is 10.3. The molecule has 1 rings (SSSR count). The van der Waals surface area contributed by atoms with Crippen LogP contribution in [0.2, 0.25) is 0 Å². The normalized spacial score (nSPS) is 11.5. The van der Waals surface area contributed by atoms with Crippen LogP contribution in [-0.4, -0.2) is 36.6 Å². The fourth-order valence-corrected chi connectivity index (χ4v) is 1.67. The molecule has 7 heteroatoms. The average molecular weight is 278 g/mol. The quantitative estimate of drug-likeness (QED) is 0.857. The molecule has 1 aromatic rings. The summed E-state index contributed by atoms with van der Waals surface area (Å²) in [5.74, 6) is -1.55. The van der Waals surface area contributed by atoms with Crippen LogP contribution in [0.25, 0.3) is 0 Å². The molecule has 0 fully saturated rings. The molecule has 0 saturated carbocycles. The molecule has 0 saturated heterocycles. The number of aryl methyl sites for hydroxylation is 1. The number of halogens is 4. The molecule has 0 aliphatic carbocycles. The molecule has 1 amide bonds. The number of rotatable bonds is 4. The third-order valence-electron chi connectivity index (χ3n) is 2.35. The Morgan fingerprint density at radius 2 is 1.95 bits per heavy atom. The highest BCUT2D eigenvalue weighted by Gasteiger charge is 2.33. The number of amides is 1. The molecule has 0 aromatic heterocycles. The van der Waals surface area contributed by atoms with Gasteiger partial charge in [0.25, 0.3) is 5.91 Å². The summed E-state index contributed by atoms with van der Waals surface area (Å²) in [6.45, 7) is -0.195. The lowest BCUT2D eigenvalue weighted by molar-refractivity contribution is -0.140. The van der Waals surface area contributed by atoms with Gasteiger partial charge in [-0.25, -0.2) is 4.39 Å². The second-order valence-corrected chi connectivity index (χ2v) is 4.15. The van der Waals surface area contributed by atoms with Crippen molar-refractivity contribution >= 4 is 5.91 Å². The minimum absolute atomic E-state index is 0.101. The van der Waals surface area contributed by atoms with Crippen molar-refractivity contribution in [3.05, 3.63) is 35.1 Å². The second kappa shape index (κ2) is 6.01. The first-order valence-electron chi connectivity index (χ1n) is 5.56. The van der Waals surface area contributed by atoms with Gasteiger partial charge in [0.15, 0.2) is 0 Å². The predicted octanol–water partition coefficient (Wildman–Crippen LogP) is 2.10. The molecule has 0 aliphatic heterocycles.